The van der Waals surface area contributed by atoms with Crippen LogP contribution in [0.5, 0.6) is 0 Å². The summed E-state index contributed by atoms with van der Waals surface area (Å²) in [5.74, 6) is 0.108. The molecule has 2 heterocycles. The van der Waals surface area contributed by atoms with Crippen molar-refractivity contribution in [2.75, 3.05) is 30.9 Å². The van der Waals surface area contributed by atoms with Crippen molar-refractivity contribution in [2.24, 2.45) is 0 Å². The van der Waals surface area contributed by atoms with E-state index in [0.29, 0.717) is 0 Å². The number of hydrogen-bond donors (Lipinski definition) is 1. The summed E-state index contributed by atoms with van der Waals surface area (Å²) in [6.45, 7) is 4.26. The van der Waals surface area contributed by atoms with Crippen molar-refractivity contribution in [3.05, 3.63) is 102 Å². The highest BCUT2D eigenvalue weighted by Crippen LogP contribution is 2.27. The van der Waals surface area contributed by atoms with Crippen LogP contribution in [0.4, 0.5) is 5.69 Å². The van der Waals surface area contributed by atoms with E-state index in [0.717, 1.165) is 59.8 Å². The number of hydrogen-bond acceptors (Lipinski definition) is 5. The van der Waals surface area contributed by atoms with Crippen molar-refractivity contribution in [1.29, 1.82) is 0 Å². The highest BCUT2D eigenvalue weighted by molar-refractivity contribution is 8.00. The van der Waals surface area contributed by atoms with Crippen molar-refractivity contribution < 1.29 is 4.79 Å². The van der Waals surface area contributed by atoms with Gasteiger partial charge in [-0.3, -0.25) is 14.7 Å². The first-order valence-corrected chi connectivity index (χ1v) is 12.0. The van der Waals surface area contributed by atoms with Gasteiger partial charge in [0.15, 0.2) is 0 Å². The number of carbonyl (C=O) groups is 1. The van der Waals surface area contributed by atoms with Gasteiger partial charge in [-0.2, -0.15) is 0 Å². The molecule has 5 rings (SSSR count). The summed E-state index contributed by atoms with van der Waals surface area (Å²) in [6.07, 6.45) is 1.81. The number of fused-ring (bicyclic) bond motifs is 1. The summed E-state index contributed by atoms with van der Waals surface area (Å²) in [5, 5.41) is 1.10. The van der Waals surface area contributed by atoms with Crippen molar-refractivity contribution >= 4 is 34.4 Å². The van der Waals surface area contributed by atoms with Crippen molar-refractivity contribution in [2.45, 2.75) is 11.4 Å². The Bertz CT molecular complexity index is 1220. The molecule has 3 aromatic carbocycles. The van der Waals surface area contributed by atoms with Crippen LogP contribution in [0.3, 0.4) is 0 Å². The number of nitrogens with zero attached hydrogens (tertiary/aromatic N) is 3. The standard InChI is InChI=1S/C27H26N4OS/c32-27(31-18-16-30(17-19-31)20-21-6-2-1-3-7-21)23-11-13-24(14-12-23)33-29-25-10-4-8-22-9-5-15-28-26(22)25/h1-15,29H,16-20H2. The number of nitrogens with one attached hydrogen (secondary N) is 1. The molecule has 1 aromatic heterocycles. The van der Waals surface area contributed by atoms with Crippen LogP contribution in [-0.4, -0.2) is 46.9 Å². The Balaban J connectivity index is 1.15. The highest BCUT2D eigenvalue weighted by atomic mass is 32.2. The molecule has 0 unspecified atom stereocenters. The van der Waals surface area contributed by atoms with Crippen molar-refractivity contribution in [3.8, 4) is 0 Å². The molecule has 0 radical (unpaired) electrons. The van der Waals surface area contributed by atoms with Gasteiger partial charge in [0, 0.05) is 54.8 Å². The first-order chi connectivity index (χ1) is 16.3. The van der Waals surface area contributed by atoms with Crippen LogP contribution in [-0.2, 0) is 6.54 Å². The van der Waals surface area contributed by atoms with Gasteiger partial charge in [0.1, 0.15) is 0 Å². The number of amides is 1. The normalized spacial score (nSPS) is 14.4. The monoisotopic (exact) mass is 454 g/mol. The minimum Gasteiger partial charge on any atom is -0.336 e. The largest absolute Gasteiger partial charge is 0.336 e. The Morgan fingerprint density at radius 2 is 1.61 bits per heavy atom. The second-order valence-electron chi connectivity index (χ2n) is 8.16. The van der Waals surface area contributed by atoms with Crippen LogP contribution in [0.1, 0.15) is 15.9 Å². The summed E-state index contributed by atoms with van der Waals surface area (Å²) in [4.78, 5) is 22.9. The average molecular weight is 455 g/mol. The summed E-state index contributed by atoms with van der Waals surface area (Å²) in [7, 11) is 0. The van der Waals surface area contributed by atoms with Crippen LogP contribution in [0, 0.1) is 0 Å². The first kappa shape index (κ1) is 21.5. The molecule has 0 saturated carbocycles. The molecule has 1 aliphatic rings. The van der Waals surface area contributed by atoms with Gasteiger partial charge < -0.3 is 9.62 Å². The highest BCUT2D eigenvalue weighted by Gasteiger charge is 2.22. The number of piperazine rings is 1. The lowest BCUT2D eigenvalue weighted by Crippen LogP contribution is -2.48. The maximum atomic E-state index is 13.0. The molecular formula is C27H26N4OS. The zero-order valence-corrected chi connectivity index (χ0v) is 19.2. The lowest BCUT2D eigenvalue weighted by atomic mass is 10.1. The SMILES string of the molecule is O=C(c1ccc(SNc2cccc3cccnc23)cc1)N1CCN(Cc2ccccc2)CC1. The molecule has 0 aliphatic carbocycles. The Hall–Kier alpha value is -3.35. The van der Waals surface area contributed by atoms with Crippen LogP contribution in [0.25, 0.3) is 10.9 Å². The van der Waals surface area contributed by atoms with Gasteiger partial charge in [-0.15, -0.1) is 0 Å². The van der Waals surface area contributed by atoms with Crippen LogP contribution >= 0.6 is 11.9 Å². The third-order valence-corrected chi connectivity index (χ3v) is 6.75. The summed E-state index contributed by atoms with van der Waals surface area (Å²) in [5.41, 5.74) is 3.98. The molecule has 5 nitrogen and oxygen atoms in total. The predicted molar refractivity (Wildman–Crippen MR) is 135 cm³/mol. The average Bonchev–Trinajstić information content (AvgIpc) is 2.88. The molecule has 1 N–H and O–H groups in total. The fraction of sp³-hybridized carbons (Fsp3) is 0.185. The fourth-order valence-electron chi connectivity index (χ4n) is 4.10. The predicted octanol–water partition coefficient (Wildman–Crippen LogP) is 5.31. The zero-order valence-electron chi connectivity index (χ0n) is 18.4. The summed E-state index contributed by atoms with van der Waals surface area (Å²) < 4.78 is 3.39. The van der Waals surface area contributed by atoms with Gasteiger partial charge in [-0.05, 0) is 53.9 Å². The molecule has 166 valence electrons. The quantitative estimate of drug-likeness (QED) is 0.400. The van der Waals surface area contributed by atoms with Gasteiger partial charge in [0.25, 0.3) is 5.91 Å². The second-order valence-corrected chi connectivity index (χ2v) is 9.04. The number of pyridine rings is 1. The van der Waals surface area contributed by atoms with Gasteiger partial charge in [0.2, 0.25) is 0 Å². The number of aromatic nitrogens is 1. The van der Waals surface area contributed by atoms with Gasteiger partial charge >= 0.3 is 0 Å². The zero-order chi connectivity index (χ0) is 22.5. The van der Waals surface area contributed by atoms with E-state index < -0.39 is 0 Å². The third-order valence-electron chi connectivity index (χ3n) is 5.92. The molecule has 1 aliphatic heterocycles. The van der Waals surface area contributed by atoms with Crippen molar-refractivity contribution in [3.63, 3.8) is 0 Å². The lowest BCUT2D eigenvalue weighted by Gasteiger charge is -2.34. The van der Waals surface area contributed by atoms with E-state index in [1.807, 2.05) is 53.4 Å². The van der Waals surface area contributed by atoms with E-state index in [1.54, 1.807) is 6.20 Å². The molecule has 1 saturated heterocycles. The Kier molecular flexibility index (Phi) is 6.56. The molecule has 4 aromatic rings. The molecule has 1 amide bonds. The van der Waals surface area contributed by atoms with Gasteiger partial charge in [0.05, 0.1) is 11.2 Å². The molecular weight excluding hydrogens is 428 g/mol. The number of para-hydroxylation sites is 1. The molecule has 1 fully saturated rings. The van der Waals surface area contributed by atoms with E-state index in [1.165, 1.54) is 17.5 Å². The molecule has 0 bridgehead atoms. The van der Waals surface area contributed by atoms with E-state index in [-0.39, 0.29) is 5.91 Å². The van der Waals surface area contributed by atoms with E-state index >= 15 is 0 Å². The van der Waals surface area contributed by atoms with E-state index in [4.69, 9.17) is 0 Å². The van der Waals surface area contributed by atoms with Crippen LogP contribution in [0.15, 0.2) is 96.0 Å². The first-order valence-electron chi connectivity index (χ1n) is 11.2. The number of carbonyl (C=O) groups excluding carboxylic acids is 1. The Labute approximate surface area is 198 Å². The fourth-order valence-corrected chi connectivity index (χ4v) is 4.76. The topological polar surface area (TPSA) is 48.5 Å². The maximum Gasteiger partial charge on any atom is 0.253 e. The van der Waals surface area contributed by atoms with Crippen LogP contribution in [0.2, 0.25) is 0 Å². The Morgan fingerprint density at radius 3 is 2.39 bits per heavy atom. The molecule has 0 spiro atoms. The second kappa shape index (κ2) is 10.1. The van der Waals surface area contributed by atoms with E-state index in [9.17, 15) is 4.79 Å². The minimum atomic E-state index is 0.108. The van der Waals surface area contributed by atoms with Crippen LogP contribution < -0.4 is 4.72 Å². The minimum absolute atomic E-state index is 0.108. The smallest absolute Gasteiger partial charge is 0.253 e. The van der Waals surface area contributed by atoms with Gasteiger partial charge in [-0.25, -0.2) is 0 Å². The van der Waals surface area contributed by atoms with Gasteiger partial charge in [-0.1, -0.05) is 48.5 Å². The number of rotatable bonds is 6. The molecule has 33 heavy (non-hydrogen) atoms. The molecule has 6 heteroatoms. The summed E-state index contributed by atoms with van der Waals surface area (Å²) >= 11 is 1.52. The molecule has 0 atom stereocenters. The number of benzene rings is 3. The van der Waals surface area contributed by atoms with E-state index in [2.05, 4.69) is 51.0 Å². The number of anilines is 1. The third kappa shape index (κ3) is 5.18. The van der Waals surface area contributed by atoms with Crippen molar-refractivity contribution in [1.82, 2.24) is 14.8 Å². The Morgan fingerprint density at radius 1 is 0.848 bits per heavy atom. The lowest BCUT2D eigenvalue weighted by molar-refractivity contribution is 0.0628. The summed E-state index contributed by atoms with van der Waals surface area (Å²) in [6, 6.07) is 28.4. The maximum absolute atomic E-state index is 13.0.